The van der Waals surface area contributed by atoms with Crippen LogP contribution in [-0.4, -0.2) is 47.4 Å². The first-order chi connectivity index (χ1) is 18.1. The number of carboxylic acid groups (broad SMARTS) is 1. The average molecular weight is 552 g/mol. The standard InChI is InChI=1S/C29H45NO9/c1-10-17(6)36-29(35)37-18(7)13-22(25(30)26(31)32)21-11-12-23(38-27(33)19(8)15(2)3)24(14-21)39-28(34)20(9)16(4)5/h11-12,14-20,22,25H,10,13,30H2,1-9H3,(H,31,32)/t17?,18?,19?,20?,22?,25-/m0/s1. The first kappa shape index (κ1) is 33.9. The van der Waals surface area contributed by atoms with E-state index in [1.165, 1.54) is 12.1 Å². The van der Waals surface area contributed by atoms with Crippen molar-refractivity contribution in [2.45, 2.75) is 99.3 Å². The number of hydrogen-bond acceptors (Lipinski definition) is 9. The molecule has 0 aliphatic heterocycles. The van der Waals surface area contributed by atoms with Gasteiger partial charge in [0.05, 0.1) is 11.8 Å². The lowest BCUT2D eigenvalue weighted by molar-refractivity contribution is -0.142. The van der Waals surface area contributed by atoms with Crippen LogP contribution in [0.2, 0.25) is 0 Å². The van der Waals surface area contributed by atoms with Crippen LogP contribution in [0.15, 0.2) is 18.2 Å². The van der Waals surface area contributed by atoms with Crippen LogP contribution in [0.25, 0.3) is 0 Å². The number of hydrogen-bond donors (Lipinski definition) is 2. The summed E-state index contributed by atoms with van der Waals surface area (Å²) in [5.41, 5.74) is 6.45. The fourth-order valence-corrected chi connectivity index (χ4v) is 3.37. The molecule has 0 spiro atoms. The molecule has 1 aromatic carbocycles. The summed E-state index contributed by atoms with van der Waals surface area (Å²) in [6.45, 7) is 16.2. The number of benzene rings is 1. The Morgan fingerprint density at radius 3 is 1.74 bits per heavy atom. The molecule has 0 bridgehead atoms. The van der Waals surface area contributed by atoms with E-state index >= 15 is 0 Å². The lowest BCUT2D eigenvalue weighted by Gasteiger charge is -2.26. The fraction of sp³-hybridized carbons (Fsp3) is 0.655. The molecule has 220 valence electrons. The second-order valence-electron chi connectivity index (χ2n) is 10.8. The highest BCUT2D eigenvalue weighted by Gasteiger charge is 2.31. The molecule has 0 fully saturated rings. The molecule has 0 aromatic heterocycles. The van der Waals surface area contributed by atoms with Crippen molar-refractivity contribution in [1.29, 1.82) is 0 Å². The maximum absolute atomic E-state index is 12.8. The molecule has 1 aromatic rings. The van der Waals surface area contributed by atoms with Crippen molar-refractivity contribution < 1.29 is 43.2 Å². The quantitative estimate of drug-likeness (QED) is 0.230. The largest absolute Gasteiger partial charge is 0.508 e. The minimum atomic E-state index is -1.37. The number of aliphatic carboxylic acids is 1. The summed E-state index contributed by atoms with van der Waals surface area (Å²) in [6, 6.07) is 3.09. The van der Waals surface area contributed by atoms with E-state index in [1.807, 2.05) is 34.6 Å². The lowest BCUT2D eigenvalue weighted by Crippen LogP contribution is -2.38. The molecule has 0 aliphatic carbocycles. The molecule has 0 saturated heterocycles. The van der Waals surface area contributed by atoms with E-state index in [1.54, 1.807) is 33.8 Å². The summed E-state index contributed by atoms with van der Waals surface area (Å²) < 4.78 is 21.7. The summed E-state index contributed by atoms with van der Waals surface area (Å²) in [6.07, 6.45) is -1.28. The van der Waals surface area contributed by atoms with E-state index < -0.39 is 54.0 Å². The van der Waals surface area contributed by atoms with Gasteiger partial charge in [-0.1, -0.05) is 54.5 Å². The Bertz CT molecular complexity index is 991. The maximum atomic E-state index is 12.8. The van der Waals surface area contributed by atoms with Gasteiger partial charge in [-0.3, -0.25) is 14.4 Å². The first-order valence-electron chi connectivity index (χ1n) is 13.5. The summed E-state index contributed by atoms with van der Waals surface area (Å²) in [4.78, 5) is 49.5. The molecule has 10 heteroatoms. The Kier molecular flexibility index (Phi) is 13.4. The van der Waals surface area contributed by atoms with Crippen molar-refractivity contribution in [2.75, 3.05) is 0 Å². The van der Waals surface area contributed by atoms with Gasteiger partial charge in [0.25, 0.3) is 0 Å². The van der Waals surface area contributed by atoms with Crippen molar-refractivity contribution in [3.05, 3.63) is 23.8 Å². The van der Waals surface area contributed by atoms with Crippen molar-refractivity contribution in [1.82, 2.24) is 0 Å². The molecule has 0 radical (unpaired) electrons. The zero-order chi connectivity index (χ0) is 30.0. The Labute approximate surface area is 231 Å². The summed E-state index contributed by atoms with van der Waals surface area (Å²) in [7, 11) is 0. The van der Waals surface area contributed by atoms with Gasteiger partial charge >= 0.3 is 24.1 Å². The van der Waals surface area contributed by atoms with Crippen LogP contribution in [-0.2, 0) is 23.9 Å². The van der Waals surface area contributed by atoms with Crippen LogP contribution in [0, 0.1) is 23.7 Å². The van der Waals surface area contributed by atoms with Gasteiger partial charge in [-0.2, -0.15) is 0 Å². The third-order valence-corrected chi connectivity index (χ3v) is 7.03. The molecule has 6 atom stereocenters. The Hall–Kier alpha value is -3.14. The molecule has 10 nitrogen and oxygen atoms in total. The van der Waals surface area contributed by atoms with Crippen LogP contribution in [0.3, 0.4) is 0 Å². The van der Waals surface area contributed by atoms with Crippen LogP contribution in [0.1, 0.15) is 86.6 Å². The zero-order valence-corrected chi connectivity index (χ0v) is 24.6. The third-order valence-electron chi connectivity index (χ3n) is 7.03. The molecule has 1 rings (SSSR count). The van der Waals surface area contributed by atoms with Crippen molar-refractivity contribution >= 4 is 24.1 Å². The van der Waals surface area contributed by atoms with E-state index in [0.29, 0.717) is 12.0 Å². The number of carbonyl (C=O) groups is 4. The second kappa shape index (κ2) is 15.5. The summed E-state index contributed by atoms with van der Waals surface area (Å²) in [5, 5.41) is 9.68. The third kappa shape index (κ3) is 10.5. The molecule has 0 amide bonds. The number of ether oxygens (including phenoxy) is 4. The Balaban J connectivity index is 3.41. The molecular formula is C29H45NO9. The SMILES string of the molecule is CCC(C)OC(=O)OC(C)CC(c1ccc(OC(=O)C(C)C(C)C)c(OC(=O)C(C)C(C)C)c1)[C@H](N)C(=O)O. The van der Waals surface area contributed by atoms with Crippen molar-refractivity contribution in [3.8, 4) is 11.5 Å². The molecule has 0 saturated carbocycles. The normalized spacial score (nSPS) is 16.0. The highest BCUT2D eigenvalue weighted by atomic mass is 16.7. The average Bonchev–Trinajstić information content (AvgIpc) is 2.86. The van der Waals surface area contributed by atoms with Gasteiger partial charge in [0.15, 0.2) is 11.5 Å². The van der Waals surface area contributed by atoms with Gasteiger partial charge in [-0.15, -0.1) is 0 Å². The molecule has 0 aliphatic rings. The minimum Gasteiger partial charge on any atom is -0.480 e. The van der Waals surface area contributed by atoms with Crippen LogP contribution >= 0.6 is 0 Å². The van der Waals surface area contributed by atoms with E-state index in [9.17, 15) is 24.3 Å². The topological polar surface area (TPSA) is 151 Å². The van der Waals surface area contributed by atoms with Gasteiger partial charge in [0.1, 0.15) is 18.2 Å². The van der Waals surface area contributed by atoms with Gasteiger partial charge in [-0.05, 0) is 56.2 Å². The van der Waals surface area contributed by atoms with Crippen LogP contribution in [0.4, 0.5) is 4.79 Å². The highest BCUT2D eigenvalue weighted by molar-refractivity contribution is 5.79. The highest BCUT2D eigenvalue weighted by Crippen LogP contribution is 2.36. The monoisotopic (exact) mass is 551 g/mol. The predicted molar refractivity (Wildman–Crippen MR) is 145 cm³/mol. The number of nitrogens with two attached hydrogens (primary N) is 1. The van der Waals surface area contributed by atoms with Crippen molar-refractivity contribution in [2.24, 2.45) is 29.4 Å². The van der Waals surface area contributed by atoms with E-state index in [0.717, 1.165) is 0 Å². The second-order valence-corrected chi connectivity index (χ2v) is 10.8. The minimum absolute atomic E-state index is 0.00555. The molecule has 39 heavy (non-hydrogen) atoms. The number of rotatable bonds is 14. The van der Waals surface area contributed by atoms with Crippen molar-refractivity contribution in [3.63, 3.8) is 0 Å². The van der Waals surface area contributed by atoms with Gasteiger partial charge in [0.2, 0.25) is 0 Å². The number of esters is 2. The fourth-order valence-electron chi connectivity index (χ4n) is 3.37. The van der Waals surface area contributed by atoms with Gasteiger partial charge in [0, 0.05) is 5.92 Å². The Morgan fingerprint density at radius 2 is 1.28 bits per heavy atom. The summed E-state index contributed by atoms with van der Waals surface area (Å²) in [5.74, 6) is -3.96. The molecular weight excluding hydrogens is 506 g/mol. The van der Waals surface area contributed by atoms with Crippen LogP contribution in [0.5, 0.6) is 11.5 Å². The van der Waals surface area contributed by atoms with E-state index in [-0.39, 0.29) is 35.9 Å². The van der Waals surface area contributed by atoms with Gasteiger partial charge < -0.3 is 29.8 Å². The Morgan fingerprint density at radius 1 is 0.795 bits per heavy atom. The molecule has 5 unspecified atom stereocenters. The van der Waals surface area contributed by atoms with Gasteiger partial charge in [-0.25, -0.2) is 4.79 Å². The smallest absolute Gasteiger partial charge is 0.480 e. The first-order valence-corrected chi connectivity index (χ1v) is 13.5. The van der Waals surface area contributed by atoms with E-state index in [4.69, 9.17) is 24.7 Å². The van der Waals surface area contributed by atoms with Crippen LogP contribution < -0.4 is 15.2 Å². The van der Waals surface area contributed by atoms with E-state index in [2.05, 4.69) is 0 Å². The molecule has 3 N–H and O–H groups in total. The zero-order valence-electron chi connectivity index (χ0n) is 24.6. The predicted octanol–water partition coefficient (Wildman–Crippen LogP) is 5.31. The maximum Gasteiger partial charge on any atom is 0.508 e. The number of carboxylic acids is 1. The summed E-state index contributed by atoms with van der Waals surface area (Å²) >= 11 is 0. The molecule has 0 heterocycles. The lowest BCUT2D eigenvalue weighted by atomic mass is 9.87. The number of carbonyl (C=O) groups excluding carboxylic acids is 3.